The molecule has 4 aliphatic carbocycles. The number of rotatable bonds is 1. The van der Waals surface area contributed by atoms with Crippen LogP contribution in [-0.4, -0.2) is 22.4 Å². The van der Waals surface area contributed by atoms with Gasteiger partial charge in [-0.1, -0.05) is 31.1 Å². The maximum atomic E-state index is 10.7. The molecule has 3 fully saturated rings. The van der Waals surface area contributed by atoms with Gasteiger partial charge in [-0.2, -0.15) is 0 Å². The van der Waals surface area contributed by atoms with Crippen molar-refractivity contribution in [2.75, 3.05) is 0 Å². The fourth-order valence-electron chi connectivity index (χ4n) is 6.82. The second kappa shape index (κ2) is 5.74. The maximum absolute atomic E-state index is 10.7. The van der Waals surface area contributed by atoms with E-state index in [1.807, 2.05) is 0 Å². The highest BCUT2D eigenvalue weighted by Gasteiger charge is 2.56. The van der Waals surface area contributed by atoms with Crippen molar-refractivity contribution >= 4 is 0 Å². The molecular weight excluding hydrogens is 284 g/mol. The fourth-order valence-corrected chi connectivity index (χ4v) is 6.82. The van der Waals surface area contributed by atoms with Gasteiger partial charge >= 0.3 is 0 Å². The van der Waals surface area contributed by atoms with Crippen LogP contribution in [-0.2, 0) is 0 Å². The monoisotopic (exact) mass is 316 g/mol. The first-order valence-corrected chi connectivity index (χ1v) is 9.74. The van der Waals surface area contributed by atoms with Crippen LogP contribution in [0.15, 0.2) is 24.3 Å². The second-order valence-corrected chi connectivity index (χ2v) is 8.94. The zero-order valence-electron chi connectivity index (χ0n) is 14.5. The van der Waals surface area contributed by atoms with Crippen molar-refractivity contribution in [1.29, 1.82) is 0 Å². The third-order valence-electron chi connectivity index (χ3n) is 8.02. The van der Waals surface area contributed by atoms with Gasteiger partial charge in [-0.15, -0.1) is 6.58 Å². The van der Waals surface area contributed by atoms with Crippen LogP contribution in [0.1, 0.15) is 58.3 Å². The van der Waals surface area contributed by atoms with Gasteiger partial charge in [-0.25, -0.2) is 0 Å². The van der Waals surface area contributed by atoms with Crippen molar-refractivity contribution in [3.8, 4) is 0 Å². The Morgan fingerprint density at radius 3 is 2.78 bits per heavy atom. The van der Waals surface area contributed by atoms with Crippen molar-refractivity contribution in [1.82, 2.24) is 0 Å². The molecule has 0 aromatic rings. The number of allylic oxidation sites excluding steroid dienone is 2. The summed E-state index contributed by atoms with van der Waals surface area (Å²) in [7, 11) is 0. The van der Waals surface area contributed by atoms with Crippen LogP contribution in [0.5, 0.6) is 0 Å². The third kappa shape index (κ3) is 2.36. The lowest BCUT2D eigenvalue weighted by molar-refractivity contribution is -0.128. The van der Waals surface area contributed by atoms with E-state index in [9.17, 15) is 10.2 Å². The normalized spacial score (nSPS) is 52.7. The largest absolute Gasteiger partial charge is 0.393 e. The van der Waals surface area contributed by atoms with E-state index in [2.05, 4.69) is 25.7 Å². The van der Waals surface area contributed by atoms with E-state index >= 15 is 0 Å². The first kappa shape index (κ1) is 15.9. The predicted molar refractivity (Wildman–Crippen MR) is 92.8 cm³/mol. The van der Waals surface area contributed by atoms with Gasteiger partial charge in [-0.3, -0.25) is 0 Å². The zero-order valence-corrected chi connectivity index (χ0v) is 14.5. The van der Waals surface area contributed by atoms with E-state index in [1.54, 1.807) is 0 Å². The van der Waals surface area contributed by atoms with E-state index < -0.39 is 0 Å². The Balaban J connectivity index is 1.70. The van der Waals surface area contributed by atoms with Crippen LogP contribution in [0.4, 0.5) is 0 Å². The van der Waals surface area contributed by atoms with Crippen LogP contribution in [0, 0.1) is 35.0 Å². The van der Waals surface area contributed by atoms with Crippen LogP contribution in [0.3, 0.4) is 0 Å². The van der Waals surface area contributed by atoms with Gasteiger partial charge < -0.3 is 10.2 Å². The third-order valence-corrected chi connectivity index (χ3v) is 8.02. The molecule has 4 aliphatic rings. The Labute approximate surface area is 140 Å². The molecule has 128 valence electrons. The Morgan fingerprint density at radius 1 is 1.17 bits per heavy atom. The molecule has 0 aromatic heterocycles. The molecule has 8 atom stereocenters. The molecule has 0 amide bonds. The molecule has 2 heteroatoms. The SMILES string of the molecule is C=C[C@@H]1CC2=CC(O)CCC2C2CCC3(C)C(O)CCCC3C21. The Kier molecular flexibility index (Phi) is 3.97. The number of fused-ring (bicyclic) bond motifs is 5. The molecule has 0 bridgehead atoms. The van der Waals surface area contributed by atoms with Crippen molar-refractivity contribution in [3.05, 3.63) is 24.3 Å². The van der Waals surface area contributed by atoms with E-state index in [0.717, 1.165) is 31.6 Å². The van der Waals surface area contributed by atoms with Gasteiger partial charge in [0.2, 0.25) is 0 Å². The average Bonchev–Trinajstić information content (AvgIpc) is 2.54. The van der Waals surface area contributed by atoms with Crippen LogP contribution >= 0.6 is 0 Å². The lowest BCUT2D eigenvalue weighted by Crippen LogP contribution is -2.55. The number of aliphatic hydroxyl groups excluding tert-OH is 2. The number of aliphatic hydroxyl groups is 2. The Hall–Kier alpha value is -0.600. The summed E-state index contributed by atoms with van der Waals surface area (Å²) in [4.78, 5) is 0. The average molecular weight is 316 g/mol. The molecule has 0 spiro atoms. The van der Waals surface area contributed by atoms with Crippen LogP contribution in [0.25, 0.3) is 0 Å². The molecule has 0 aromatic carbocycles. The molecule has 3 saturated carbocycles. The molecule has 0 saturated heterocycles. The highest BCUT2D eigenvalue weighted by molar-refractivity contribution is 5.23. The van der Waals surface area contributed by atoms with Gasteiger partial charge in [0, 0.05) is 0 Å². The van der Waals surface area contributed by atoms with Gasteiger partial charge in [0.1, 0.15) is 0 Å². The first-order chi connectivity index (χ1) is 11.0. The minimum Gasteiger partial charge on any atom is -0.393 e. The van der Waals surface area contributed by atoms with Crippen LogP contribution < -0.4 is 0 Å². The quantitative estimate of drug-likeness (QED) is 0.716. The molecule has 2 nitrogen and oxygen atoms in total. The molecule has 0 radical (unpaired) electrons. The molecule has 4 rings (SSSR count). The fraction of sp³-hybridized carbons (Fsp3) is 0.810. The number of hydrogen-bond acceptors (Lipinski definition) is 2. The van der Waals surface area contributed by atoms with Gasteiger partial charge in [-0.05, 0) is 80.0 Å². The minimum absolute atomic E-state index is 0.113. The summed E-state index contributed by atoms with van der Waals surface area (Å²) < 4.78 is 0. The van der Waals surface area contributed by atoms with Crippen molar-refractivity contribution in [2.45, 2.75) is 70.5 Å². The molecule has 0 heterocycles. The van der Waals surface area contributed by atoms with Crippen molar-refractivity contribution in [2.24, 2.45) is 35.0 Å². The summed E-state index contributed by atoms with van der Waals surface area (Å²) in [5.41, 5.74) is 1.63. The summed E-state index contributed by atoms with van der Waals surface area (Å²) in [6.07, 6.45) is 13.1. The summed E-state index contributed by atoms with van der Waals surface area (Å²) in [6, 6.07) is 0. The summed E-state index contributed by atoms with van der Waals surface area (Å²) in [6.45, 7) is 6.51. The van der Waals surface area contributed by atoms with Gasteiger partial charge in [0.25, 0.3) is 0 Å². The minimum atomic E-state index is -0.228. The molecule has 0 aliphatic heterocycles. The topological polar surface area (TPSA) is 40.5 Å². The van der Waals surface area contributed by atoms with E-state index in [4.69, 9.17) is 0 Å². The number of hydrogen-bond donors (Lipinski definition) is 2. The summed E-state index contributed by atoms with van der Waals surface area (Å²) in [5, 5.41) is 20.7. The van der Waals surface area contributed by atoms with Gasteiger partial charge in [0.05, 0.1) is 12.2 Å². The molecule has 7 unspecified atom stereocenters. The summed E-state index contributed by atoms with van der Waals surface area (Å²) >= 11 is 0. The predicted octanol–water partition coefficient (Wildman–Crippen LogP) is 4.08. The van der Waals surface area contributed by atoms with Crippen LogP contribution in [0.2, 0.25) is 0 Å². The Bertz CT molecular complexity index is 510. The highest BCUT2D eigenvalue weighted by Crippen LogP contribution is 2.62. The van der Waals surface area contributed by atoms with E-state index in [0.29, 0.717) is 23.7 Å². The maximum Gasteiger partial charge on any atom is 0.0723 e. The van der Waals surface area contributed by atoms with Gasteiger partial charge in [0.15, 0.2) is 0 Å². The highest BCUT2D eigenvalue weighted by atomic mass is 16.3. The molecule has 2 N–H and O–H groups in total. The lowest BCUT2D eigenvalue weighted by atomic mass is 9.45. The smallest absolute Gasteiger partial charge is 0.0723 e. The molecular formula is C21H32O2. The summed E-state index contributed by atoms with van der Waals surface area (Å²) in [5.74, 6) is 3.31. The van der Waals surface area contributed by atoms with E-state index in [-0.39, 0.29) is 17.6 Å². The van der Waals surface area contributed by atoms with E-state index in [1.165, 1.54) is 31.3 Å². The molecule has 23 heavy (non-hydrogen) atoms. The van der Waals surface area contributed by atoms with Crippen molar-refractivity contribution in [3.63, 3.8) is 0 Å². The first-order valence-electron chi connectivity index (χ1n) is 9.74. The zero-order chi connectivity index (χ0) is 16.2. The Morgan fingerprint density at radius 2 is 2.00 bits per heavy atom. The second-order valence-electron chi connectivity index (χ2n) is 8.94. The standard InChI is InChI=1S/C21H32O2/c1-3-13-11-14-12-15(22)7-8-16(14)17-9-10-21(2)18(20(13)17)5-4-6-19(21)23/h3,12-13,15-20,22-23H,1,4-11H2,2H3/t13-,15?,16?,17?,18?,19?,20?,21?/m1/s1. The van der Waals surface area contributed by atoms with Crippen molar-refractivity contribution < 1.29 is 10.2 Å². The lowest BCUT2D eigenvalue weighted by Gasteiger charge is -2.60.